The molecule has 0 bridgehead atoms. The summed E-state index contributed by atoms with van der Waals surface area (Å²) in [6.07, 6.45) is 5.51. The lowest BCUT2D eigenvalue weighted by atomic mass is 9.89. The van der Waals surface area contributed by atoms with Crippen molar-refractivity contribution in [1.29, 1.82) is 0 Å². The molecule has 22 heavy (non-hydrogen) atoms. The molecule has 1 saturated carbocycles. The maximum absolute atomic E-state index is 11.9. The lowest BCUT2D eigenvalue weighted by Gasteiger charge is -2.20. The summed E-state index contributed by atoms with van der Waals surface area (Å²) >= 11 is 0. The minimum Gasteiger partial charge on any atom is -0.497 e. The predicted molar refractivity (Wildman–Crippen MR) is 84.9 cm³/mol. The van der Waals surface area contributed by atoms with Gasteiger partial charge in [-0.1, -0.05) is 19.3 Å². The molecule has 0 aromatic heterocycles. The predicted octanol–water partition coefficient (Wildman–Crippen LogP) is 2.12. The fourth-order valence-corrected chi connectivity index (χ4v) is 2.72. The number of hydrogen-bond donors (Lipinski definition) is 2. The molecule has 0 unspecified atom stereocenters. The molecule has 0 heterocycles. The minimum absolute atomic E-state index is 0.124. The molecule has 0 atom stereocenters. The van der Waals surface area contributed by atoms with Crippen molar-refractivity contribution in [3.8, 4) is 5.75 Å². The van der Waals surface area contributed by atoms with Crippen LogP contribution in [0.15, 0.2) is 24.3 Å². The van der Waals surface area contributed by atoms with Gasteiger partial charge in [0.2, 0.25) is 5.91 Å². The Morgan fingerprint density at radius 1 is 1.05 bits per heavy atom. The molecular formula is C17H24N2O3. The zero-order valence-corrected chi connectivity index (χ0v) is 13.1. The monoisotopic (exact) mass is 304 g/mol. The van der Waals surface area contributed by atoms with Gasteiger partial charge in [-0.15, -0.1) is 0 Å². The van der Waals surface area contributed by atoms with E-state index in [1.54, 1.807) is 31.4 Å². The first-order valence-corrected chi connectivity index (χ1v) is 7.90. The zero-order valence-electron chi connectivity index (χ0n) is 13.1. The molecule has 5 nitrogen and oxygen atoms in total. The molecule has 1 aromatic carbocycles. The standard InChI is InChI=1S/C17H24N2O3/c1-22-15-9-7-14(8-10-15)17(21)19-12-11-18-16(20)13-5-3-2-4-6-13/h7-10,13H,2-6,11-12H2,1H3,(H,18,20)(H,19,21). The molecule has 1 aromatic rings. The number of ether oxygens (including phenoxy) is 1. The molecule has 0 saturated heterocycles. The van der Waals surface area contributed by atoms with Crippen LogP contribution in [0.25, 0.3) is 0 Å². The summed E-state index contributed by atoms with van der Waals surface area (Å²) in [5.41, 5.74) is 0.583. The Morgan fingerprint density at radius 3 is 2.32 bits per heavy atom. The van der Waals surface area contributed by atoms with E-state index in [1.165, 1.54) is 6.42 Å². The van der Waals surface area contributed by atoms with Crippen molar-refractivity contribution in [3.05, 3.63) is 29.8 Å². The lowest BCUT2D eigenvalue weighted by molar-refractivity contribution is -0.125. The highest BCUT2D eigenvalue weighted by Crippen LogP contribution is 2.23. The fourth-order valence-electron chi connectivity index (χ4n) is 2.72. The molecule has 0 radical (unpaired) electrons. The van der Waals surface area contributed by atoms with Crippen LogP contribution in [0.4, 0.5) is 0 Å². The molecule has 0 aliphatic heterocycles. The van der Waals surface area contributed by atoms with Crippen molar-refractivity contribution in [3.63, 3.8) is 0 Å². The summed E-state index contributed by atoms with van der Waals surface area (Å²) in [5, 5.41) is 5.70. The topological polar surface area (TPSA) is 67.4 Å². The van der Waals surface area contributed by atoms with Gasteiger partial charge in [0, 0.05) is 24.6 Å². The molecule has 0 spiro atoms. The molecule has 2 rings (SSSR count). The first-order valence-electron chi connectivity index (χ1n) is 7.90. The Bertz CT molecular complexity index is 493. The van der Waals surface area contributed by atoms with E-state index in [4.69, 9.17) is 4.74 Å². The summed E-state index contributed by atoms with van der Waals surface area (Å²) in [4.78, 5) is 23.9. The van der Waals surface area contributed by atoms with E-state index in [1.807, 2.05) is 0 Å². The van der Waals surface area contributed by atoms with E-state index in [9.17, 15) is 9.59 Å². The van der Waals surface area contributed by atoms with Gasteiger partial charge in [0.05, 0.1) is 7.11 Å². The van der Waals surface area contributed by atoms with Crippen LogP contribution in [-0.2, 0) is 4.79 Å². The van der Waals surface area contributed by atoms with Crippen LogP contribution in [0.2, 0.25) is 0 Å². The van der Waals surface area contributed by atoms with Crippen molar-refractivity contribution in [2.45, 2.75) is 32.1 Å². The Kier molecular flexibility index (Phi) is 6.25. The van der Waals surface area contributed by atoms with Gasteiger partial charge in [-0.25, -0.2) is 0 Å². The van der Waals surface area contributed by atoms with Crippen molar-refractivity contribution in [1.82, 2.24) is 10.6 Å². The van der Waals surface area contributed by atoms with Gasteiger partial charge in [-0.05, 0) is 37.1 Å². The summed E-state index contributed by atoms with van der Waals surface area (Å²) in [5.74, 6) is 0.857. The summed E-state index contributed by atoms with van der Waals surface area (Å²) < 4.78 is 5.05. The number of benzene rings is 1. The zero-order chi connectivity index (χ0) is 15.8. The van der Waals surface area contributed by atoms with Gasteiger partial charge >= 0.3 is 0 Å². The minimum atomic E-state index is -0.144. The van der Waals surface area contributed by atoms with Crippen molar-refractivity contribution in [2.75, 3.05) is 20.2 Å². The van der Waals surface area contributed by atoms with Crippen molar-refractivity contribution in [2.24, 2.45) is 5.92 Å². The average Bonchev–Trinajstić information content (AvgIpc) is 2.59. The van der Waals surface area contributed by atoms with Crippen molar-refractivity contribution < 1.29 is 14.3 Å². The third-order valence-electron chi connectivity index (χ3n) is 4.04. The maximum atomic E-state index is 11.9. The van der Waals surface area contributed by atoms with Crippen LogP contribution < -0.4 is 15.4 Å². The van der Waals surface area contributed by atoms with Gasteiger partial charge in [-0.3, -0.25) is 9.59 Å². The highest BCUT2D eigenvalue weighted by atomic mass is 16.5. The smallest absolute Gasteiger partial charge is 0.251 e. The summed E-state index contributed by atoms with van der Waals surface area (Å²) in [6, 6.07) is 6.93. The molecular weight excluding hydrogens is 280 g/mol. The van der Waals surface area contributed by atoms with E-state index in [2.05, 4.69) is 10.6 Å². The van der Waals surface area contributed by atoms with Crippen molar-refractivity contribution >= 4 is 11.8 Å². The first kappa shape index (κ1) is 16.3. The quantitative estimate of drug-likeness (QED) is 0.791. The van der Waals surface area contributed by atoms with Crippen LogP contribution in [0.3, 0.4) is 0 Å². The maximum Gasteiger partial charge on any atom is 0.251 e. The molecule has 1 aliphatic rings. The molecule has 2 N–H and O–H groups in total. The second-order valence-electron chi connectivity index (χ2n) is 5.61. The molecule has 1 fully saturated rings. The summed E-state index contributed by atoms with van der Waals surface area (Å²) in [7, 11) is 1.59. The van der Waals surface area contributed by atoms with Crippen LogP contribution >= 0.6 is 0 Å². The number of methoxy groups -OCH3 is 1. The number of rotatable bonds is 6. The normalized spacial score (nSPS) is 15.1. The second kappa shape index (κ2) is 8.41. The third kappa shape index (κ3) is 4.76. The largest absolute Gasteiger partial charge is 0.497 e. The van der Waals surface area contributed by atoms with Gasteiger partial charge < -0.3 is 15.4 Å². The van der Waals surface area contributed by atoms with E-state index in [0.29, 0.717) is 18.7 Å². The lowest BCUT2D eigenvalue weighted by Crippen LogP contribution is -2.38. The molecule has 2 amide bonds. The Labute approximate surface area is 131 Å². The van der Waals surface area contributed by atoms with E-state index < -0.39 is 0 Å². The second-order valence-corrected chi connectivity index (χ2v) is 5.61. The average molecular weight is 304 g/mol. The molecule has 1 aliphatic carbocycles. The number of hydrogen-bond acceptors (Lipinski definition) is 3. The number of carbonyl (C=O) groups excluding carboxylic acids is 2. The van der Waals surface area contributed by atoms with E-state index in [0.717, 1.165) is 31.4 Å². The van der Waals surface area contributed by atoms with Crippen LogP contribution in [0.1, 0.15) is 42.5 Å². The Morgan fingerprint density at radius 2 is 1.68 bits per heavy atom. The first-order chi connectivity index (χ1) is 10.7. The van der Waals surface area contributed by atoms with E-state index in [-0.39, 0.29) is 17.7 Å². The highest BCUT2D eigenvalue weighted by molar-refractivity contribution is 5.94. The van der Waals surface area contributed by atoms with Gasteiger partial charge in [0.15, 0.2) is 0 Å². The number of amides is 2. The van der Waals surface area contributed by atoms with Gasteiger partial charge in [-0.2, -0.15) is 0 Å². The molecule has 5 heteroatoms. The van der Waals surface area contributed by atoms with Crippen LogP contribution in [0.5, 0.6) is 5.75 Å². The van der Waals surface area contributed by atoms with E-state index >= 15 is 0 Å². The Hall–Kier alpha value is -2.04. The van der Waals surface area contributed by atoms with Gasteiger partial charge in [0.1, 0.15) is 5.75 Å². The van der Waals surface area contributed by atoms with Crippen LogP contribution in [-0.4, -0.2) is 32.0 Å². The number of carbonyl (C=O) groups is 2. The SMILES string of the molecule is COc1ccc(C(=O)NCCNC(=O)C2CCCCC2)cc1. The van der Waals surface area contributed by atoms with Crippen LogP contribution in [0, 0.1) is 5.92 Å². The third-order valence-corrected chi connectivity index (χ3v) is 4.04. The highest BCUT2D eigenvalue weighted by Gasteiger charge is 2.20. The summed E-state index contributed by atoms with van der Waals surface area (Å²) in [6.45, 7) is 0.903. The van der Waals surface area contributed by atoms with Gasteiger partial charge in [0.25, 0.3) is 5.91 Å². The molecule has 120 valence electrons. The number of nitrogens with one attached hydrogen (secondary N) is 2. The Balaban J connectivity index is 1.66. The fraction of sp³-hybridized carbons (Fsp3) is 0.529.